The zero-order valence-electron chi connectivity index (χ0n) is 19.3. The molecule has 0 spiro atoms. The maximum Gasteiger partial charge on any atom is 0.343 e. The molecule has 0 amide bonds. The summed E-state index contributed by atoms with van der Waals surface area (Å²) in [5.74, 6) is -0.489. The van der Waals surface area contributed by atoms with Gasteiger partial charge in [-0.3, -0.25) is 0 Å². The fraction of sp³-hybridized carbons (Fsp3) is 0.0714. The summed E-state index contributed by atoms with van der Waals surface area (Å²) >= 11 is 0. The van der Waals surface area contributed by atoms with Crippen LogP contribution in [-0.4, -0.2) is 20.2 Å². The van der Waals surface area contributed by atoms with E-state index in [1.165, 1.54) is 30.3 Å². The molecule has 0 atom stereocenters. The van der Waals surface area contributed by atoms with Gasteiger partial charge in [0.25, 0.3) is 10.0 Å². The Bertz CT molecular complexity index is 1580. The molecule has 1 aliphatic heterocycles. The number of ether oxygens (including phenoxy) is 1. The molecule has 1 aliphatic rings. The topological polar surface area (TPSA) is 76.0 Å². The van der Waals surface area contributed by atoms with Gasteiger partial charge in [-0.25, -0.2) is 9.18 Å². The van der Waals surface area contributed by atoms with Crippen LogP contribution in [-0.2, 0) is 16.6 Å². The van der Waals surface area contributed by atoms with E-state index in [1.54, 1.807) is 47.4 Å². The van der Waals surface area contributed by atoms with Crippen LogP contribution >= 0.6 is 0 Å². The van der Waals surface area contributed by atoms with Crippen LogP contribution in [0.15, 0.2) is 106 Å². The molecule has 8 heteroatoms. The lowest BCUT2D eigenvalue weighted by molar-refractivity contribution is 0.0733. The number of carbonyl (C=O) groups excluding carboxylic acids is 1. The molecule has 0 N–H and O–H groups in total. The molecule has 0 unspecified atom stereocenters. The smallest absolute Gasteiger partial charge is 0.343 e. The highest BCUT2D eigenvalue weighted by atomic mass is 32.2. The maximum atomic E-state index is 13.3. The summed E-state index contributed by atoms with van der Waals surface area (Å²) in [6.45, 7) is 2.14. The second-order valence-electron chi connectivity index (χ2n) is 8.31. The lowest BCUT2D eigenvalue weighted by Gasteiger charge is -2.26. The first kappa shape index (κ1) is 23.4. The van der Waals surface area contributed by atoms with Crippen LogP contribution in [0, 0.1) is 12.7 Å². The summed E-state index contributed by atoms with van der Waals surface area (Å²) in [6, 6.07) is 26.4. The van der Waals surface area contributed by atoms with Gasteiger partial charge in [-0.2, -0.15) is 8.42 Å². The quantitative estimate of drug-likeness (QED) is 0.267. The van der Waals surface area contributed by atoms with E-state index in [1.807, 2.05) is 31.2 Å². The number of amidine groups is 1. The van der Waals surface area contributed by atoms with Crippen molar-refractivity contribution in [2.45, 2.75) is 18.4 Å². The molecule has 0 bridgehead atoms. The number of anilines is 1. The number of nitrogens with zero attached hydrogens (tertiary/aromatic N) is 2. The van der Waals surface area contributed by atoms with Crippen molar-refractivity contribution >= 4 is 27.5 Å². The SMILES string of the molecule is Cc1ccc(N(Cc2ccccc2OC(=O)c2ccc(F)cc2)C2=NS(=O)(=O)c3ccccc32)cc1. The first-order valence-electron chi connectivity index (χ1n) is 11.2. The zero-order chi connectivity index (χ0) is 25.3. The monoisotopic (exact) mass is 500 g/mol. The van der Waals surface area contributed by atoms with Gasteiger partial charge in [0, 0.05) is 16.8 Å². The summed E-state index contributed by atoms with van der Waals surface area (Å²) < 4.78 is 48.6. The van der Waals surface area contributed by atoms with E-state index in [4.69, 9.17) is 4.74 Å². The summed E-state index contributed by atoms with van der Waals surface area (Å²) in [5, 5.41) is 0. The van der Waals surface area contributed by atoms with Crippen LogP contribution < -0.4 is 9.64 Å². The molecule has 0 saturated carbocycles. The Kier molecular flexibility index (Phi) is 6.12. The normalized spacial score (nSPS) is 13.6. The Morgan fingerprint density at radius 2 is 1.56 bits per heavy atom. The van der Waals surface area contributed by atoms with Crippen LogP contribution in [0.2, 0.25) is 0 Å². The number of fused-ring (bicyclic) bond motifs is 1. The van der Waals surface area contributed by atoms with E-state index in [9.17, 15) is 17.6 Å². The van der Waals surface area contributed by atoms with E-state index in [2.05, 4.69) is 4.40 Å². The van der Waals surface area contributed by atoms with Crippen LogP contribution in [0.5, 0.6) is 5.75 Å². The van der Waals surface area contributed by atoms with Gasteiger partial charge in [-0.05, 0) is 61.5 Å². The van der Waals surface area contributed by atoms with Crippen LogP contribution in [0.25, 0.3) is 0 Å². The van der Waals surface area contributed by atoms with Gasteiger partial charge >= 0.3 is 5.97 Å². The average molecular weight is 501 g/mol. The molecule has 0 aliphatic carbocycles. The van der Waals surface area contributed by atoms with Crippen molar-refractivity contribution in [3.8, 4) is 5.75 Å². The van der Waals surface area contributed by atoms with Gasteiger partial charge in [-0.15, -0.1) is 4.40 Å². The minimum Gasteiger partial charge on any atom is -0.423 e. The van der Waals surface area contributed by atoms with Gasteiger partial charge in [0.1, 0.15) is 16.5 Å². The Morgan fingerprint density at radius 1 is 0.889 bits per heavy atom. The highest BCUT2D eigenvalue weighted by molar-refractivity contribution is 7.90. The molecule has 6 nitrogen and oxygen atoms in total. The summed E-state index contributed by atoms with van der Waals surface area (Å²) in [5.41, 5.74) is 3.12. The van der Waals surface area contributed by atoms with Crippen molar-refractivity contribution in [1.29, 1.82) is 0 Å². The lowest BCUT2D eigenvalue weighted by atomic mass is 10.1. The third-order valence-electron chi connectivity index (χ3n) is 5.80. The molecule has 36 heavy (non-hydrogen) atoms. The van der Waals surface area contributed by atoms with Gasteiger partial charge in [0.15, 0.2) is 5.84 Å². The molecule has 4 aromatic carbocycles. The highest BCUT2D eigenvalue weighted by Gasteiger charge is 2.32. The minimum atomic E-state index is -3.85. The van der Waals surface area contributed by atoms with Crippen molar-refractivity contribution < 1.29 is 22.3 Å². The standard InChI is InChI=1S/C28H21FN2O4S/c1-19-10-16-23(17-11-19)31(27-24-7-3-5-9-26(24)36(33,34)30-27)18-21-6-2-4-8-25(21)35-28(32)20-12-14-22(29)15-13-20/h2-17H,18H2,1H3. The number of carbonyl (C=O) groups is 1. The van der Waals surface area contributed by atoms with Crippen molar-refractivity contribution in [3.63, 3.8) is 0 Å². The molecular weight excluding hydrogens is 479 g/mol. The largest absolute Gasteiger partial charge is 0.423 e. The third-order valence-corrected chi connectivity index (χ3v) is 7.12. The molecule has 1 heterocycles. The van der Waals surface area contributed by atoms with Gasteiger partial charge in [0.2, 0.25) is 0 Å². The molecule has 0 aromatic heterocycles. The Hall–Kier alpha value is -4.30. The third kappa shape index (κ3) is 4.63. The number of aryl methyl sites for hydroxylation is 1. The van der Waals surface area contributed by atoms with Gasteiger partial charge in [0.05, 0.1) is 12.1 Å². The summed E-state index contributed by atoms with van der Waals surface area (Å²) in [4.78, 5) is 14.6. The van der Waals surface area contributed by atoms with Gasteiger partial charge in [-0.1, -0.05) is 48.0 Å². The van der Waals surface area contributed by atoms with E-state index < -0.39 is 21.8 Å². The lowest BCUT2D eigenvalue weighted by Crippen LogP contribution is -2.30. The van der Waals surface area contributed by atoms with Crippen molar-refractivity contribution in [2.75, 3.05) is 4.90 Å². The van der Waals surface area contributed by atoms with E-state index >= 15 is 0 Å². The number of esters is 1. The first-order valence-corrected chi connectivity index (χ1v) is 12.6. The number of benzene rings is 4. The van der Waals surface area contributed by atoms with Crippen LogP contribution in [0.4, 0.5) is 10.1 Å². The number of sulfonamides is 1. The summed E-state index contributed by atoms with van der Waals surface area (Å²) in [6.07, 6.45) is 0. The van der Waals surface area contributed by atoms with Crippen molar-refractivity contribution in [2.24, 2.45) is 4.40 Å². The van der Waals surface area contributed by atoms with E-state index in [-0.39, 0.29) is 22.8 Å². The molecule has 0 fully saturated rings. The van der Waals surface area contributed by atoms with Crippen LogP contribution in [0.1, 0.15) is 27.0 Å². The Balaban J connectivity index is 1.54. The number of rotatable bonds is 5. The number of hydrogen-bond donors (Lipinski definition) is 0. The van der Waals surface area contributed by atoms with Crippen molar-refractivity contribution in [3.05, 3.63) is 125 Å². The first-order chi connectivity index (χ1) is 17.3. The zero-order valence-corrected chi connectivity index (χ0v) is 20.1. The molecule has 180 valence electrons. The average Bonchev–Trinajstić information content (AvgIpc) is 3.15. The second kappa shape index (κ2) is 9.39. The van der Waals surface area contributed by atoms with E-state index in [0.29, 0.717) is 16.9 Å². The number of halogens is 1. The van der Waals surface area contributed by atoms with Crippen molar-refractivity contribution in [1.82, 2.24) is 0 Å². The summed E-state index contributed by atoms with van der Waals surface area (Å²) in [7, 11) is -3.85. The fourth-order valence-electron chi connectivity index (χ4n) is 3.95. The minimum absolute atomic E-state index is 0.146. The highest BCUT2D eigenvalue weighted by Crippen LogP contribution is 2.32. The number of hydrogen-bond acceptors (Lipinski definition) is 5. The maximum absolute atomic E-state index is 13.3. The molecular formula is C28H21FN2O4S. The van der Waals surface area contributed by atoms with Gasteiger partial charge < -0.3 is 9.64 Å². The predicted molar refractivity (Wildman–Crippen MR) is 135 cm³/mol. The fourth-order valence-corrected chi connectivity index (χ4v) is 5.16. The molecule has 4 aromatic rings. The van der Waals surface area contributed by atoms with Crippen LogP contribution in [0.3, 0.4) is 0 Å². The number of para-hydroxylation sites is 1. The second-order valence-corrected chi connectivity index (χ2v) is 9.88. The molecule has 0 radical (unpaired) electrons. The molecule has 0 saturated heterocycles. The molecule has 5 rings (SSSR count). The Labute approximate surface area is 208 Å². The Morgan fingerprint density at radius 3 is 2.31 bits per heavy atom. The predicted octanol–water partition coefficient (Wildman–Crippen LogP) is 5.51. The van der Waals surface area contributed by atoms with E-state index in [0.717, 1.165) is 11.3 Å².